The number of hydrogen-bond donors (Lipinski definition) is 0. The molecule has 37 heavy (non-hydrogen) atoms. The number of imide groups is 1. The molecule has 3 aromatic rings. The molecule has 1 saturated heterocycles. The number of rotatable bonds is 7. The number of halogens is 1. The molecule has 7 nitrogen and oxygen atoms in total. The van der Waals surface area contributed by atoms with Crippen molar-refractivity contribution in [2.75, 3.05) is 12.0 Å². The third kappa shape index (κ3) is 4.89. The highest BCUT2D eigenvalue weighted by Gasteiger charge is 2.47. The molecule has 0 aromatic heterocycles. The lowest BCUT2D eigenvalue weighted by Gasteiger charge is -2.29. The zero-order valence-corrected chi connectivity index (χ0v) is 22.2. The van der Waals surface area contributed by atoms with Crippen LogP contribution in [0.2, 0.25) is 0 Å². The van der Waals surface area contributed by atoms with Gasteiger partial charge in [0, 0.05) is 6.54 Å². The molecule has 1 aliphatic rings. The first-order valence-corrected chi connectivity index (χ1v) is 13.2. The number of carbonyl (C=O) groups excluding carboxylic acids is 2. The smallest absolute Gasteiger partial charge is 0.252 e. The summed E-state index contributed by atoms with van der Waals surface area (Å²) in [6.07, 6.45) is -0.311. The van der Waals surface area contributed by atoms with Crippen LogP contribution in [0.1, 0.15) is 34.2 Å². The van der Waals surface area contributed by atoms with Gasteiger partial charge in [-0.05, 0) is 91.9 Å². The fourth-order valence-electron chi connectivity index (χ4n) is 4.66. The summed E-state index contributed by atoms with van der Waals surface area (Å²) in [6, 6.07) is 12.5. The lowest BCUT2D eigenvalue weighted by atomic mass is 10.0. The molecule has 0 spiro atoms. The maximum Gasteiger partial charge on any atom is 0.252 e. The second kappa shape index (κ2) is 10.1. The van der Waals surface area contributed by atoms with E-state index in [-0.39, 0.29) is 17.9 Å². The Labute approximate surface area is 216 Å². The van der Waals surface area contributed by atoms with Gasteiger partial charge >= 0.3 is 0 Å². The number of methoxy groups -OCH3 is 1. The van der Waals surface area contributed by atoms with Crippen LogP contribution >= 0.6 is 0 Å². The van der Waals surface area contributed by atoms with Gasteiger partial charge in [-0.25, -0.2) is 17.7 Å². The molecule has 9 heteroatoms. The van der Waals surface area contributed by atoms with E-state index in [0.717, 1.165) is 20.3 Å². The van der Waals surface area contributed by atoms with E-state index < -0.39 is 33.7 Å². The fourth-order valence-corrected chi connectivity index (χ4v) is 6.81. The first kappa shape index (κ1) is 26.5. The van der Waals surface area contributed by atoms with E-state index in [1.54, 1.807) is 38.1 Å². The molecule has 0 radical (unpaired) electrons. The highest BCUT2D eigenvalue weighted by atomic mass is 32.2. The predicted octanol–water partition coefficient (Wildman–Crippen LogP) is 4.59. The summed E-state index contributed by atoms with van der Waals surface area (Å²) < 4.78 is 48.4. The minimum absolute atomic E-state index is 0.121. The summed E-state index contributed by atoms with van der Waals surface area (Å²) in [5.41, 5.74) is 3.59. The number of benzene rings is 3. The Morgan fingerprint density at radius 1 is 0.946 bits per heavy atom. The van der Waals surface area contributed by atoms with Crippen molar-refractivity contribution in [1.82, 2.24) is 4.31 Å². The number of ether oxygens (including phenoxy) is 1. The Bertz CT molecular complexity index is 1440. The van der Waals surface area contributed by atoms with E-state index in [1.807, 2.05) is 19.9 Å². The number of anilines is 1. The summed E-state index contributed by atoms with van der Waals surface area (Å²) in [4.78, 5) is 27.8. The number of carbonyl (C=O) groups is 2. The number of hydrogen-bond acceptors (Lipinski definition) is 5. The van der Waals surface area contributed by atoms with Crippen LogP contribution in [0, 0.1) is 33.5 Å². The summed E-state index contributed by atoms with van der Waals surface area (Å²) in [6.45, 7) is 6.93. The number of nitrogens with zero attached hydrogens (tertiary/aromatic N) is 2. The van der Waals surface area contributed by atoms with Crippen molar-refractivity contribution in [2.45, 2.75) is 51.6 Å². The van der Waals surface area contributed by atoms with E-state index in [1.165, 1.54) is 31.4 Å². The Morgan fingerprint density at radius 2 is 1.51 bits per heavy atom. The largest absolute Gasteiger partial charge is 0.497 e. The van der Waals surface area contributed by atoms with Gasteiger partial charge in [0.1, 0.15) is 17.6 Å². The lowest BCUT2D eigenvalue weighted by molar-refractivity contribution is -0.122. The summed E-state index contributed by atoms with van der Waals surface area (Å²) >= 11 is 0. The van der Waals surface area contributed by atoms with Crippen LogP contribution in [0.5, 0.6) is 5.75 Å². The topological polar surface area (TPSA) is 84.0 Å². The SMILES string of the molecule is COc1ccc(N2C(=O)CC(N(Cc3ccc(F)cc3)S(=O)(=O)c3c(C)c(C)cc(C)c3C)C2=O)cc1. The Hall–Kier alpha value is -3.56. The molecule has 0 bridgehead atoms. The number of sulfonamides is 1. The summed E-state index contributed by atoms with van der Waals surface area (Å²) in [5, 5.41) is 0. The molecule has 194 valence electrons. The molecular weight excluding hydrogens is 495 g/mol. The van der Waals surface area contributed by atoms with Gasteiger partial charge in [-0.1, -0.05) is 18.2 Å². The molecule has 1 heterocycles. The van der Waals surface area contributed by atoms with E-state index >= 15 is 0 Å². The second-order valence-corrected chi connectivity index (χ2v) is 11.1. The second-order valence-electron chi connectivity index (χ2n) is 9.25. The molecule has 0 saturated carbocycles. The van der Waals surface area contributed by atoms with Crippen molar-refractivity contribution >= 4 is 27.5 Å². The third-order valence-corrected chi connectivity index (χ3v) is 9.05. The van der Waals surface area contributed by atoms with Gasteiger partial charge < -0.3 is 4.74 Å². The predicted molar refractivity (Wildman–Crippen MR) is 138 cm³/mol. The maximum absolute atomic E-state index is 14.3. The first-order valence-electron chi connectivity index (χ1n) is 11.8. The van der Waals surface area contributed by atoms with Gasteiger partial charge in [0.15, 0.2) is 0 Å². The Kier molecular flexibility index (Phi) is 7.21. The molecule has 1 unspecified atom stereocenters. The van der Waals surface area contributed by atoms with Gasteiger partial charge in [0.25, 0.3) is 5.91 Å². The van der Waals surface area contributed by atoms with Gasteiger partial charge in [0.05, 0.1) is 24.1 Å². The summed E-state index contributed by atoms with van der Waals surface area (Å²) in [5.74, 6) is -1.05. The van der Waals surface area contributed by atoms with Crippen LogP contribution in [-0.2, 0) is 26.2 Å². The third-order valence-electron chi connectivity index (χ3n) is 6.92. The molecule has 2 amide bonds. The molecule has 1 fully saturated rings. The van der Waals surface area contributed by atoms with Crippen LogP contribution in [0.25, 0.3) is 0 Å². The molecular formula is C28H29FN2O5S. The minimum Gasteiger partial charge on any atom is -0.497 e. The van der Waals surface area contributed by atoms with E-state index in [9.17, 15) is 22.4 Å². The van der Waals surface area contributed by atoms with Crippen molar-refractivity contribution in [1.29, 1.82) is 0 Å². The van der Waals surface area contributed by atoms with Crippen molar-refractivity contribution in [3.8, 4) is 5.75 Å². The number of aryl methyl sites for hydroxylation is 2. The molecule has 3 aromatic carbocycles. The van der Waals surface area contributed by atoms with Crippen molar-refractivity contribution < 1.29 is 27.1 Å². The van der Waals surface area contributed by atoms with Crippen molar-refractivity contribution in [3.63, 3.8) is 0 Å². The van der Waals surface area contributed by atoms with Crippen LogP contribution in [0.3, 0.4) is 0 Å². The van der Waals surface area contributed by atoms with Gasteiger partial charge in [-0.2, -0.15) is 4.31 Å². The van der Waals surface area contributed by atoms with Gasteiger partial charge in [-0.15, -0.1) is 0 Å². The van der Waals surface area contributed by atoms with E-state index in [4.69, 9.17) is 4.74 Å². The quantitative estimate of drug-likeness (QED) is 0.422. The molecule has 0 aliphatic carbocycles. The van der Waals surface area contributed by atoms with Crippen molar-refractivity contribution in [2.24, 2.45) is 0 Å². The van der Waals surface area contributed by atoms with Crippen molar-refractivity contribution in [3.05, 3.63) is 88.2 Å². The molecule has 0 N–H and O–H groups in total. The van der Waals surface area contributed by atoms with E-state index in [0.29, 0.717) is 28.1 Å². The zero-order chi connectivity index (χ0) is 27.1. The standard InChI is InChI=1S/C28H29FN2O5S/c1-17-14-18(2)20(4)27(19(17)3)37(34,35)30(16-21-6-8-22(29)9-7-21)25-15-26(32)31(28(25)33)23-10-12-24(36-5)13-11-23/h6-14,25H,15-16H2,1-5H3. The van der Waals surface area contributed by atoms with E-state index in [2.05, 4.69) is 0 Å². The van der Waals surface area contributed by atoms with Crippen LogP contribution in [-0.4, -0.2) is 37.7 Å². The van der Waals surface area contributed by atoms with Gasteiger partial charge in [0.2, 0.25) is 15.9 Å². The monoisotopic (exact) mass is 524 g/mol. The highest BCUT2D eigenvalue weighted by Crippen LogP contribution is 2.35. The molecule has 1 aliphatic heterocycles. The highest BCUT2D eigenvalue weighted by molar-refractivity contribution is 7.89. The minimum atomic E-state index is -4.25. The Balaban J connectivity index is 1.82. The zero-order valence-electron chi connectivity index (χ0n) is 21.4. The Morgan fingerprint density at radius 3 is 2.05 bits per heavy atom. The molecule has 1 atom stereocenters. The van der Waals surface area contributed by atoms with Crippen LogP contribution < -0.4 is 9.64 Å². The average molecular weight is 525 g/mol. The molecule has 4 rings (SSSR count). The number of amides is 2. The average Bonchev–Trinajstić information content (AvgIpc) is 3.15. The first-order chi connectivity index (χ1) is 17.4. The van der Waals surface area contributed by atoms with Crippen LogP contribution in [0.4, 0.5) is 10.1 Å². The lowest BCUT2D eigenvalue weighted by Crippen LogP contribution is -2.45. The fraction of sp³-hybridized carbons (Fsp3) is 0.286. The maximum atomic E-state index is 14.3. The summed E-state index contributed by atoms with van der Waals surface area (Å²) in [7, 11) is -2.75. The normalized spacial score (nSPS) is 16.1. The van der Waals surface area contributed by atoms with Crippen LogP contribution in [0.15, 0.2) is 59.5 Å². The van der Waals surface area contributed by atoms with Gasteiger partial charge in [-0.3, -0.25) is 9.59 Å².